The number of anilines is 2. The van der Waals surface area contributed by atoms with Gasteiger partial charge in [-0.3, -0.25) is 9.00 Å². The summed E-state index contributed by atoms with van der Waals surface area (Å²) in [6.45, 7) is 1.27. The molecular formula is C14H20N2O3S. The number of hydrogen-bond donors (Lipinski definition) is 1. The Morgan fingerprint density at radius 1 is 1.35 bits per heavy atom. The minimum Gasteiger partial charge on any atom is -0.399 e. The molecule has 1 aliphatic rings. The quantitative estimate of drug-likeness (QED) is 0.846. The molecule has 1 aromatic carbocycles. The summed E-state index contributed by atoms with van der Waals surface area (Å²) < 4.78 is 17.4. The maximum atomic E-state index is 12.2. The maximum Gasteiger partial charge on any atom is 0.239 e. The Hall–Kier alpha value is -1.40. The predicted octanol–water partition coefficient (Wildman–Crippen LogP) is 1.16. The first kappa shape index (κ1) is 15.0. The molecule has 1 aliphatic heterocycles. The van der Waals surface area contributed by atoms with E-state index in [-0.39, 0.29) is 16.9 Å². The lowest BCUT2D eigenvalue weighted by Crippen LogP contribution is -2.35. The summed E-state index contributed by atoms with van der Waals surface area (Å²) in [6, 6.07) is 7.05. The van der Waals surface area contributed by atoms with Crippen LogP contribution in [0.25, 0.3) is 0 Å². The van der Waals surface area contributed by atoms with Crippen LogP contribution in [0.15, 0.2) is 24.3 Å². The number of hydrogen-bond acceptors (Lipinski definition) is 4. The number of nitrogen functional groups attached to an aromatic ring is 1. The molecule has 6 heteroatoms. The van der Waals surface area contributed by atoms with Crippen molar-refractivity contribution >= 4 is 28.1 Å². The van der Waals surface area contributed by atoms with E-state index < -0.39 is 10.8 Å². The largest absolute Gasteiger partial charge is 0.399 e. The van der Waals surface area contributed by atoms with Gasteiger partial charge in [0.05, 0.1) is 0 Å². The van der Waals surface area contributed by atoms with Gasteiger partial charge in [-0.05, 0) is 37.1 Å². The molecule has 1 unspecified atom stereocenters. The third-order valence-corrected chi connectivity index (χ3v) is 5.21. The molecule has 2 N–H and O–H groups in total. The van der Waals surface area contributed by atoms with Gasteiger partial charge in [0.2, 0.25) is 5.91 Å². The highest BCUT2D eigenvalue weighted by Gasteiger charge is 2.23. The molecule has 0 spiro atoms. The first-order valence-corrected chi connectivity index (χ1v) is 8.03. The Morgan fingerprint density at radius 3 is 2.55 bits per heavy atom. The normalized spacial score (nSPS) is 17.6. The van der Waals surface area contributed by atoms with Crippen molar-refractivity contribution in [3.63, 3.8) is 0 Å². The average Bonchev–Trinajstić information content (AvgIpc) is 2.48. The Bertz CT molecular complexity index is 484. The Labute approximate surface area is 121 Å². The molecule has 1 amide bonds. The van der Waals surface area contributed by atoms with Crippen molar-refractivity contribution in [2.75, 3.05) is 36.6 Å². The SMILES string of the molecule is CN(C(=O)CS(=O)C1CCOCC1)c1ccc(N)cc1. The van der Waals surface area contributed by atoms with Crippen molar-refractivity contribution in [3.05, 3.63) is 24.3 Å². The van der Waals surface area contributed by atoms with Crippen molar-refractivity contribution in [3.8, 4) is 0 Å². The monoisotopic (exact) mass is 296 g/mol. The third-order valence-electron chi connectivity index (χ3n) is 3.46. The second-order valence-corrected chi connectivity index (χ2v) is 6.60. The van der Waals surface area contributed by atoms with Crippen LogP contribution in [0.1, 0.15) is 12.8 Å². The lowest BCUT2D eigenvalue weighted by atomic mass is 10.2. The van der Waals surface area contributed by atoms with Crippen LogP contribution < -0.4 is 10.6 Å². The summed E-state index contributed by atoms with van der Waals surface area (Å²) in [5.41, 5.74) is 7.03. The van der Waals surface area contributed by atoms with Gasteiger partial charge in [-0.1, -0.05) is 0 Å². The highest BCUT2D eigenvalue weighted by atomic mass is 32.2. The molecule has 5 nitrogen and oxygen atoms in total. The van der Waals surface area contributed by atoms with Crippen LogP contribution in [-0.4, -0.2) is 41.4 Å². The molecule has 0 aliphatic carbocycles. The molecule has 0 aromatic heterocycles. The van der Waals surface area contributed by atoms with Crippen LogP contribution in [-0.2, 0) is 20.3 Å². The number of benzene rings is 1. The molecular weight excluding hydrogens is 276 g/mol. The van der Waals surface area contributed by atoms with Gasteiger partial charge in [-0.25, -0.2) is 0 Å². The summed E-state index contributed by atoms with van der Waals surface area (Å²) in [6.07, 6.45) is 1.54. The molecule has 1 saturated heterocycles. The second kappa shape index (κ2) is 6.85. The van der Waals surface area contributed by atoms with E-state index in [9.17, 15) is 9.00 Å². The molecule has 1 fully saturated rings. The average molecular weight is 296 g/mol. The number of ether oxygens (including phenoxy) is 1. The van der Waals surface area contributed by atoms with Gasteiger partial charge >= 0.3 is 0 Å². The Balaban J connectivity index is 1.93. The predicted molar refractivity (Wildman–Crippen MR) is 81.1 cm³/mol. The zero-order valence-electron chi connectivity index (χ0n) is 11.6. The van der Waals surface area contributed by atoms with Crippen molar-refractivity contribution in [1.82, 2.24) is 0 Å². The van der Waals surface area contributed by atoms with E-state index in [2.05, 4.69) is 0 Å². The minimum absolute atomic E-state index is 0.0611. The molecule has 20 heavy (non-hydrogen) atoms. The van der Waals surface area contributed by atoms with E-state index in [0.717, 1.165) is 18.5 Å². The molecule has 1 heterocycles. The zero-order chi connectivity index (χ0) is 14.5. The van der Waals surface area contributed by atoms with Crippen molar-refractivity contribution in [2.45, 2.75) is 18.1 Å². The van der Waals surface area contributed by atoms with Crippen molar-refractivity contribution in [2.24, 2.45) is 0 Å². The molecule has 1 aromatic rings. The molecule has 0 saturated carbocycles. The fourth-order valence-corrected chi connectivity index (χ4v) is 3.51. The van der Waals surface area contributed by atoms with E-state index in [1.54, 1.807) is 31.3 Å². The number of rotatable bonds is 4. The van der Waals surface area contributed by atoms with Gasteiger partial charge in [0.1, 0.15) is 5.75 Å². The van der Waals surface area contributed by atoms with Crippen LogP contribution >= 0.6 is 0 Å². The van der Waals surface area contributed by atoms with E-state index in [0.29, 0.717) is 18.9 Å². The number of nitrogens with two attached hydrogens (primary N) is 1. The second-order valence-electron chi connectivity index (χ2n) is 4.88. The van der Waals surface area contributed by atoms with Gasteiger partial charge in [-0.15, -0.1) is 0 Å². The van der Waals surface area contributed by atoms with Crippen LogP contribution in [0.5, 0.6) is 0 Å². The summed E-state index contributed by atoms with van der Waals surface area (Å²) in [7, 11) is 0.558. The number of amides is 1. The van der Waals surface area contributed by atoms with Crippen LogP contribution in [0.4, 0.5) is 11.4 Å². The van der Waals surface area contributed by atoms with E-state index in [4.69, 9.17) is 10.5 Å². The van der Waals surface area contributed by atoms with Crippen LogP contribution in [0.2, 0.25) is 0 Å². The smallest absolute Gasteiger partial charge is 0.239 e. The van der Waals surface area contributed by atoms with E-state index >= 15 is 0 Å². The molecule has 2 rings (SSSR count). The van der Waals surface area contributed by atoms with Crippen molar-refractivity contribution < 1.29 is 13.7 Å². The number of carbonyl (C=O) groups is 1. The van der Waals surface area contributed by atoms with E-state index in [1.807, 2.05) is 0 Å². The highest BCUT2D eigenvalue weighted by Crippen LogP contribution is 2.17. The van der Waals surface area contributed by atoms with Gasteiger partial charge in [0.25, 0.3) is 0 Å². The lowest BCUT2D eigenvalue weighted by molar-refractivity contribution is -0.115. The summed E-state index contributed by atoms with van der Waals surface area (Å²) in [5.74, 6) is -0.0782. The Morgan fingerprint density at radius 2 is 1.95 bits per heavy atom. The topological polar surface area (TPSA) is 72.6 Å². The number of nitrogens with zero attached hydrogens (tertiary/aromatic N) is 1. The highest BCUT2D eigenvalue weighted by molar-refractivity contribution is 7.86. The lowest BCUT2D eigenvalue weighted by Gasteiger charge is -2.23. The Kier molecular flexibility index (Phi) is 5.14. The molecule has 0 bridgehead atoms. The first-order chi connectivity index (χ1) is 9.58. The maximum absolute atomic E-state index is 12.2. The molecule has 110 valence electrons. The minimum atomic E-state index is -1.13. The van der Waals surface area contributed by atoms with Gasteiger partial charge in [0.15, 0.2) is 0 Å². The van der Waals surface area contributed by atoms with Gasteiger partial charge < -0.3 is 15.4 Å². The molecule has 1 atom stereocenters. The zero-order valence-corrected chi connectivity index (χ0v) is 12.4. The fourth-order valence-electron chi connectivity index (χ4n) is 2.12. The fraction of sp³-hybridized carbons (Fsp3) is 0.500. The summed E-state index contributed by atoms with van der Waals surface area (Å²) >= 11 is 0. The number of carbonyl (C=O) groups excluding carboxylic acids is 1. The van der Waals surface area contributed by atoms with Gasteiger partial charge in [-0.2, -0.15) is 0 Å². The molecule has 0 radical (unpaired) electrons. The summed E-state index contributed by atoms with van der Waals surface area (Å²) in [4.78, 5) is 13.7. The third kappa shape index (κ3) is 3.80. The summed E-state index contributed by atoms with van der Waals surface area (Å²) in [5, 5.41) is 0.0764. The van der Waals surface area contributed by atoms with Crippen LogP contribution in [0.3, 0.4) is 0 Å². The van der Waals surface area contributed by atoms with Gasteiger partial charge in [0, 0.05) is 47.7 Å². The standard InChI is InChI=1S/C14H20N2O3S/c1-16(12-4-2-11(15)3-5-12)14(17)10-20(18)13-6-8-19-9-7-13/h2-5,13H,6-10,15H2,1H3. The van der Waals surface area contributed by atoms with Crippen molar-refractivity contribution in [1.29, 1.82) is 0 Å². The van der Waals surface area contributed by atoms with Crippen LogP contribution in [0, 0.1) is 0 Å². The first-order valence-electron chi connectivity index (χ1n) is 6.65. The van der Waals surface area contributed by atoms with E-state index in [1.165, 1.54) is 4.90 Å².